The molecule has 1 aromatic rings. The first-order valence-electron chi connectivity index (χ1n) is 5.11. The summed E-state index contributed by atoms with van der Waals surface area (Å²) >= 11 is 0. The van der Waals surface area contributed by atoms with Crippen LogP contribution in [0.3, 0.4) is 0 Å². The van der Waals surface area contributed by atoms with Crippen LogP contribution in [-0.4, -0.2) is 14.2 Å². The van der Waals surface area contributed by atoms with Gasteiger partial charge in [-0.15, -0.1) is 0 Å². The Bertz CT molecular complexity index is 431. The highest BCUT2D eigenvalue weighted by Crippen LogP contribution is 2.24. The monoisotopic (exact) mass is 214 g/mol. The maximum absolute atomic E-state index is 5.22. The third-order valence-corrected chi connectivity index (χ3v) is 2.40. The minimum Gasteiger partial charge on any atom is -0.497 e. The molecular weight excluding hydrogens is 200 g/mol. The molecule has 0 aliphatic heterocycles. The molecule has 0 amide bonds. The van der Waals surface area contributed by atoms with E-state index < -0.39 is 0 Å². The molecule has 0 saturated heterocycles. The number of hydrogen-bond donors (Lipinski definition) is 0. The predicted molar refractivity (Wildman–Crippen MR) is 65.8 cm³/mol. The zero-order valence-electron chi connectivity index (χ0n) is 9.44. The topological polar surface area (TPSA) is 18.5 Å². The summed E-state index contributed by atoms with van der Waals surface area (Å²) in [6.45, 7) is 0. The van der Waals surface area contributed by atoms with Crippen LogP contribution in [0.4, 0.5) is 0 Å². The molecule has 1 aliphatic rings. The van der Waals surface area contributed by atoms with Crippen molar-refractivity contribution in [3.8, 4) is 11.5 Å². The largest absolute Gasteiger partial charge is 0.497 e. The molecule has 0 fully saturated rings. The van der Waals surface area contributed by atoms with Crippen LogP contribution in [0.5, 0.6) is 11.5 Å². The van der Waals surface area contributed by atoms with Gasteiger partial charge in [0.05, 0.1) is 14.2 Å². The van der Waals surface area contributed by atoms with Crippen LogP contribution in [0.2, 0.25) is 0 Å². The van der Waals surface area contributed by atoms with Crippen molar-refractivity contribution in [2.45, 2.75) is 0 Å². The van der Waals surface area contributed by atoms with Crippen molar-refractivity contribution >= 4 is 6.08 Å². The zero-order chi connectivity index (χ0) is 11.4. The summed E-state index contributed by atoms with van der Waals surface area (Å²) in [6.07, 6.45) is 10.2. The summed E-state index contributed by atoms with van der Waals surface area (Å²) in [4.78, 5) is 0. The summed E-state index contributed by atoms with van der Waals surface area (Å²) in [5, 5.41) is 0. The fourth-order valence-electron chi connectivity index (χ4n) is 1.59. The molecule has 0 heterocycles. The molecule has 1 aromatic carbocycles. The van der Waals surface area contributed by atoms with Gasteiger partial charge in [-0.25, -0.2) is 0 Å². The molecule has 16 heavy (non-hydrogen) atoms. The third kappa shape index (κ3) is 2.34. The molecule has 0 N–H and O–H groups in total. The van der Waals surface area contributed by atoms with Crippen molar-refractivity contribution in [2.24, 2.45) is 0 Å². The van der Waals surface area contributed by atoms with E-state index in [0.29, 0.717) is 0 Å². The highest BCUT2D eigenvalue weighted by Gasteiger charge is 2.00. The van der Waals surface area contributed by atoms with Crippen molar-refractivity contribution in [2.75, 3.05) is 14.2 Å². The second-order valence-electron chi connectivity index (χ2n) is 3.51. The molecule has 2 heteroatoms. The van der Waals surface area contributed by atoms with Crippen molar-refractivity contribution in [3.05, 3.63) is 53.6 Å². The molecule has 2 rings (SSSR count). The van der Waals surface area contributed by atoms with Crippen LogP contribution in [0, 0.1) is 0 Å². The van der Waals surface area contributed by atoms with Crippen LogP contribution < -0.4 is 9.47 Å². The fourth-order valence-corrected chi connectivity index (χ4v) is 1.59. The second-order valence-corrected chi connectivity index (χ2v) is 3.51. The first-order valence-corrected chi connectivity index (χ1v) is 5.11. The standard InChI is InChI=1S/C14H14O2/c1-15-13-8-12(9-14(10-13)16-2)7-11-5-3-4-6-11/h3-10H,1-2H3. The smallest absolute Gasteiger partial charge is 0.123 e. The Labute approximate surface area is 95.5 Å². The fraction of sp³-hybridized carbons (Fsp3) is 0.143. The van der Waals surface area contributed by atoms with Gasteiger partial charge in [0.15, 0.2) is 0 Å². The highest BCUT2D eigenvalue weighted by atomic mass is 16.5. The number of rotatable bonds is 3. The molecule has 0 radical (unpaired) electrons. The van der Waals surface area contributed by atoms with Gasteiger partial charge in [-0.3, -0.25) is 0 Å². The van der Waals surface area contributed by atoms with Crippen molar-refractivity contribution in [1.29, 1.82) is 0 Å². The van der Waals surface area contributed by atoms with Gasteiger partial charge in [-0.2, -0.15) is 0 Å². The summed E-state index contributed by atoms with van der Waals surface area (Å²) in [5.41, 5.74) is 2.25. The number of allylic oxidation sites excluding steroid dienone is 5. The van der Waals surface area contributed by atoms with E-state index in [-0.39, 0.29) is 0 Å². The maximum atomic E-state index is 5.22. The highest BCUT2D eigenvalue weighted by molar-refractivity contribution is 5.64. The predicted octanol–water partition coefficient (Wildman–Crippen LogP) is 3.21. The van der Waals surface area contributed by atoms with Crippen LogP contribution in [0.15, 0.2) is 48.1 Å². The quantitative estimate of drug-likeness (QED) is 0.769. The maximum Gasteiger partial charge on any atom is 0.123 e. The lowest BCUT2D eigenvalue weighted by molar-refractivity contribution is 0.394. The van der Waals surface area contributed by atoms with Gasteiger partial charge < -0.3 is 9.47 Å². The Morgan fingerprint density at radius 1 is 0.875 bits per heavy atom. The number of benzene rings is 1. The van der Waals surface area contributed by atoms with Gasteiger partial charge >= 0.3 is 0 Å². The van der Waals surface area contributed by atoms with Crippen molar-refractivity contribution in [1.82, 2.24) is 0 Å². The molecular formula is C14H14O2. The second kappa shape index (κ2) is 4.71. The number of ether oxygens (including phenoxy) is 2. The Kier molecular flexibility index (Phi) is 3.10. The Morgan fingerprint density at radius 2 is 1.44 bits per heavy atom. The van der Waals surface area contributed by atoms with E-state index in [4.69, 9.17) is 9.47 Å². The van der Waals surface area contributed by atoms with Gasteiger partial charge in [0.1, 0.15) is 11.5 Å². The van der Waals surface area contributed by atoms with E-state index >= 15 is 0 Å². The van der Waals surface area contributed by atoms with Crippen LogP contribution in [0.1, 0.15) is 5.56 Å². The van der Waals surface area contributed by atoms with Gasteiger partial charge in [0.25, 0.3) is 0 Å². The molecule has 1 aliphatic carbocycles. The number of hydrogen-bond acceptors (Lipinski definition) is 2. The van der Waals surface area contributed by atoms with Crippen LogP contribution >= 0.6 is 0 Å². The lowest BCUT2D eigenvalue weighted by atomic mass is 10.1. The van der Waals surface area contributed by atoms with Crippen molar-refractivity contribution < 1.29 is 9.47 Å². The molecule has 0 bridgehead atoms. The van der Waals surface area contributed by atoms with E-state index in [0.717, 1.165) is 17.1 Å². The first-order chi connectivity index (χ1) is 7.81. The van der Waals surface area contributed by atoms with Gasteiger partial charge in [-0.1, -0.05) is 24.3 Å². The Hall–Kier alpha value is -1.96. The SMILES string of the molecule is COc1cc(C=C2C=CC=C2)cc(OC)c1. The van der Waals surface area contributed by atoms with Crippen LogP contribution in [-0.2, 0) is 0 Å². The van der Waals surface area contributed by atoms with E-state index in [1.54, 1.807) is 14.2 Å². The lowest BCUT2D eigenvalue weighted by Gasteiger charge is -2.06. The van der Waals surface area contributed by atoms with Gasteiger partial charge in [-0.05, 0) is 29.3 Å². The summed E-state index contributed by atoms with van der Waals surface area (Å²) in [7, 11) is 3.31. The zero-order valence-corrected chi connectivity index (χ0v) is 9.44. The molecule has 82 valence electrons. The number of methoxy groups -OCH3 is 2. The van der Waals surface area contributed by atoms with Crippen LogP contribution in [0.25, 0.3) is 6.08 Å². The minimum absolute atomic E-state index is 0.803. The Morgan fingerprint density at radius 3 is 1.94 bits per heavy atom. The van der Waals surface area contributed by atoms with Crippen molar-refractivity contribution in [3.63, 3.8) is 0 Å². The molecule has 0 atom stereocenters. The van der Waals surface area contributed by atoms with E-state index in [9.17, 15) is 0 Å². The van der Waals surface area contributed by atoms with E-state index in [1.165, 1.54) is 5.57 Å². The normalized spacial score (nSPS) is 13.0. The third-order valence-electron chi connectivity index (χ3n) is 2.40. The Balaban J connectivity index is 2.36. The summed E-state index contributed by atoms with van der Waals surface area (Å²) in [5.74, 6) is 1.61. The molecule has 0 saturated carbocycles. The molecule has 0 spiro atoms. The van der Waals surface area contributed by atoms with Gasteiger partial charge in [0.2, 0.25) is 0 Å². The summed E-state index contributed by atoms with van der Waals surface area (Å²) < 4.78 is 10.4. The molecule has 2 nitrogen and oxygen atoms in total. The van der Waals surface area contributed by atoms with E-state index in [1.807, 2.05) is 30.4 Å². The average molecular weight is 214 g/mol. The van der Waals surface area contributed by atoms with Gasteiger partial charge in [0, 0.05) is 6.07 Å². The summed E-state index contributed by atoms with van der Waals surface area (Å²) in [6, 6.07) is 5.83. The lowest BCUT2D eigenvalue weighted by Crippen LogP contribution is -1.88. The average Bonchev–Trinajstić information content (AvgIpc) is 2.81. The minimum atomic E-state index is 0.803. The molecule has 0 unspecified atom stereocenters. The molecule has 0 aromatic heterocycles. The van der Waals surface area contributed by atoms with E-state index in [2.05, 4.69) is 18.2 Å². The first kappa shape index (κ1) is 10.6.